The van der Waals surface area contributed by atoms with E-state index in [2.05, 4.69) is 11.2 Å². The molecule has 0 radical (unpaired) electrons. The molecule has 0 unspecified atom stereocenters. The van der Waals surface area contributed by atoms with Crippen LogP contribution in [-0.2, 0) is 0 Å². The van der Waals surface area contributed by atoms with E-state index in [0.29, 0.717) is 16.9 Å². The fourth-order valence-electron chi connectivity index (χ4n) is 3.98. The molecule has 0 N–H and O–H groups in total. The molecule has 2 aromatic heterocycles. The van der Waals surface area contributed by atoms with Gasteiger partial charge in [0.25, 0.3) is 5.56 Å². The number of fused-ring (bicyclic) bond motifs is 1. The first-order valence-electron chi connectivity index (χ1n) is 10.2. The lowest BCUT2D eigenvalue weighted by atomic mass is 10.1. The molecule has 0 fully saturated rings. The summed E-state index contributed by atoms with van der Waals surface area (Å²) >= 11 is 0. The minimum absolute atomic E-state index is 0.131. The predicted molar refractivity (Wildman–Crippen MR) is 124 cm³/mol. The first kappa shape index (κ1) is 19.0. The summed E-state index contributed by atoms with van der Waals surface area (Å²) in [4.78, 5) is 18.6. The molecule has 5 heteroatoms. The van der Waals surface area contributed by atoms with Crippen LogP contribution in [0, 0.1) is 20.8 Å². The summed E-state index contributed by atoms with van der Waals surface area (Å²) in [6.07, 6.45) is 1.76. The molecular weight excluding hydrogens is 384 g/mol. The van der Waals surface area contributed by atoms with E-state index in [1.165, 1.54) is 0 Å². The van der Waals surface area contributed by atoms with Crippen molar-refractivity contribution < 1.29 is 0 Å². The van der Waals surface area contributed by atoms with E-state index >= 15 is 0 Å². The monoisotopic (exact) mass is 406 g/mol. The van der Waals surface area contributed by atoms with Crippen molar-refractivity contribution in [2.24, 2.45) is 0 Å². The quantitative estimate of drug-likeness (QED) is 0.416. The molecule has 0 amide bonds. The minimum Gasteiger partial charge on any atom is -0.268 e. The molecule has 2 heterocycles. The molecule has 152 valence electrons. The van der Waals surface area contributed by atoms with Gasteiger partial charge in [0.2, 0.25) is 0 Å². The highest BCUT2D eigenvalue weighted by Crippen LogP contribution is 2.24. The van der Waals surface area contributed by atoms with Gasteiger partial charge in [-0.2, -0.15) is 0 Å². The van der Waals surface area contributed by atoms with Gasteiger partial charge in [-0.3, -0.25) is 9.36 Å². The Bertz CT molecular complexity index is 1460. The largest absolute Gasteiger partial charge is 0.269 e. The molecule has 0 atom stereocenters. The number of aryl methyl sites for hydroxylation is 3. The van der Waals surface area contributed by atoms with Gasteiger partial charge in [-0.15, -0.1) is 5.10 Å². The fourth-order valence-corrected chi connectivity index (χ4v) is 3.98. The number of para-hydroxylation sites is 1. The van der Waals surface area contributed by atoms with E-state index in [-0.39, 0.29) is 5.56 Å². The second kappa shape index (κ2) is 7.36. The summed E-state index contributed by atoms with van der Waals surface area (Å²) in [5, 5.41) is 5.10. The second-order valence-corrected chi connectivity index (χ2v) is 7.94. The standard InChI is InChI=1S/C26H22N4O/c1-17-8-7-9-20(13-17)25-27-24-23(16-29(28-24)21-10-5-4-6-11-21)26(31)30(25)22-14-18(2)12-19(3)15-22/h4-16H,1-3H3. The third-order valence-corrected chi connectivity index (χ3v) is 5.31. The van der Waals surface area contributed by atoms with Gasteiger partial charge in [-0.1, -0.05) is 48.0 Å². The zero-order chi connectivity index (χ0) is 21.5. The van der Waals surface area contributed by atoms with Gasteiger partial charge >= 0.3 is 0 Å². The lowest BCUT2D eigenvalue weighted by Gasteiger charge is -2.14. The lowest BCUT2D eigenvalue weighted by Crippen LogP contribution is -2.21. The number of aromatic nitrogens is 4. The van der Waals surface area contributed by atoms with Crippen LogP contribution in [0.5, 0.6) is 0 Å². The SMILES string of the molecule is Cc1cccc(-c2nc3nn(-c4ccccc4)cc3c(=O)n2-c2cc(C)cc(C)c2)c1. The molecule has 0 spiro atoms. The van der Waals surface area contributed by atoms with Crippen molar-refractivity contribution in [3.63, 3.8) is 0 Å². The van der Waals surface area contributed by atoms with Crippen LogP contribution in [0.15, 0.2) is 83.8 Å². The van der Waals surface area contributed by atoms with Gasteiger partial charge in [-0.05, 0) is 62.2 Å². The number of rotatable bonds is 3. The van der Waals surface area contributed by atoms with Gasteiger partial charge < -0.3 is 0 Å². The zero-order valence-electron chi connectivity index (χ0n) is 17.7. The fraction of sp³-hybridized carbons (Fsp3) is 0.115. The van der Waals surface area contributed by atoms with Crippen LogP contribution in [0.25, 0.3) is 33.8 Å². The Kier molecular flexibility index (Phi) is 4.51. The summed E-state index contributed by atoms with van der Waals surface area (Å²) in [7, 11) is 0. The number of nitrogens with zero attached hydrogens (tertiary/aromatic N) is 4. The Morgan fingerprint density at radius 3 is 2.19 bits per heavy atom. The van der Waals surface area contributed by atoms with Crippen LogP contribution in [0.2, 0.25) is 0 Å². The van der Waals surface area contributed by atoms with Gasteiger partial charge in [0, 0.05) is 11.8 Å². The number of benzene rings is 3. The Morgan fingerprint density at radius 1 is 0.742 bits per heavy atom. The van der Waals surface area contributed by atoms with E-state index in [9.17, 15) is 4.79 Å². The number of hydrogen-bond acceptors (Lipinski definition) is 3. The van der Waals surface area contributed by atoms with E-state index in [4.69, 9.17) is 4.98 Å². The molecule has 0 bridgehead atoms. The van der Waals surface area contributed by atoms with Crippen molar-refractivity contribution in [1.29, 1.82) is 0 Å². The van der Waals surface area contributed by atoms with Gasteiger partial charge in [0.1, 0.15) is 11.2 Å². The summed E-state index contributed by atoms with van der Waals surface area (Å²) in [5.74, 6) is 0.588. The van der Waals surface area contributed by atoms with Gasteiger partial charge in [0.05, 0.1) is 11.4 Å². The first-order valence-corrected chi connectivity index (χ1v) is 10.2. The van der Waals surface area contributed by atoms with Crippen molar-refractivity contribution in [3.8, 4) is 22.8 Å². The number of hydrogen-bond donors (Lipinski definition) is 0. The Morgan fingerprint density at radius 2 is 1.48 bits per heavy atom. The van der Waals surface area contributed by atoms with E-state index in [1.807, 2.05) is 87.5 Å². The molecule has 5 rings (SSSR count). The van der Waals surface area contributed by atoms with Crippen LogP contribution >= 0.6 is 0 Å². The second-order valence-electron chi connectivity index (χ2n) is 7.94. The summed E-state index contributed by atoms with van der Waals surface area (Å²) in [6.45, 7) is 6.10. The summed E-state index contributed by atoms with van der Waals surface area (Å²) in [6, 6.07) is 23.9. The normalized spacial score (nSPS) is 11.2. The van der Waals surface area contributed by atoms with Crippen molar-refractivity contribution in [1.82, 2.24) is 19.3 Å². The van der Waals surface area contributed by atoms with Crippen LogP contribution in [0.3, 0.4) is 0 Å². The maximum atomic E-state index is 13.7. The first-order chi connectivity index (χ1) is 15.0. The van der Waals surface area contributed by atoms with Crippen molar-refractivity contribution in [2.45, 2.75) is 20.8 Å². The Hall–Kier alpha value is -3.99. The topological polar surface area (TPSA) is 52.7 Å². The third-order valence-electron chi connectivity index (χ3n) is 5.31. The van der Waals surface area contributed by atoms with Crippen molar-refractivity contribution >= 4 is 11.0 Å². The Balaban J connectivity index is 1.85. The average molecular weight is 406 g/mol. The van der Waals surface area contributed by atoms with Crippen molar-refractivity contribution in [2.75, 3.05) is 0 Å². The summed E-state index contributed by atoms with van der Waals surface area (Å²) in [5.41, 5.74) is 6.17. The zero-order valence-corrected chi connectivity index (χ0v) is 17.7. The molecule has 0 saturated heterocycles. The average Bonchev–Trinajstić information content (AvgIpc) is 3.18. The van der Waals surface area contributed by atoms with E-state index < -0.39 is 0 Å². The molecule has 5 nitrogen and oxygen atoms in total. The van der Waals surface area contributed by atoms with Crippen LogP contribution in [-0.4, -0.2) is 19.3 Å². The highest BCUT2D eigenvalue weighted by atomic mass is 16.1. The summed E-state index contributed by atoms with van der Waals surface area (Å²) < 4.78 is 3.42. The molecule has 0 aliphatic heterocycles. The molecule has 31 heavy (non-hydrogen) atoms. The molecule has 5 aromatic rings. The van der Waals surface area contributed by atoms with Crippen molar-refractivity contribution in [3.05, 3.63) is 106 Å². The molecule has 0 aliphatic carbocycles. The highest BCUT2D eigenvalue weighted by Gasteiger charge is 2.18. The van der Waals surface area contributed by atoms with Crippen LogP contribution in [0.1, 0.15) is 16.7 Å². The minimum atomic E-state index is -0.131. The lowest BCUT2D eigenvalue weighted by molar-refractivity contribution is 0.888. The van der Waals surface area contributed by atoms with Gasteiger partial charge in [0.15, 0.2) is 5.65 Å². The van der Waals surface area contributed by atoms with Crippen LogP contribution < -0.4 is 5.56 Å². The maximum Gasteiger partial charge on any atom is 0.269 e. The maximum absolute atomic E-state index is 13.7. The van der Waals surface area contributed by atoms with E-state index in [0.717, 1.165) is 33.6 Å². The molecule has 3 aromatic carbocycles. The molecular formula is C26H22N4O. The molecule has 0 aliphatic rings. The van der Waals surface area contributed by atoms with E-state index in [1.54, 1.807) is 15.4 Å². The smallest absolute Gasteiger partial charge is 0.268 e. The van der Waals surface area contributed by atoms with Gasteiger partial charge in [-0.25, -0.2) is 9.67 Å². The van der Waals surface area contributed by atoms with Crippen LogP contribution in [0.4, 0.5) is 0 Å². The third kappa shape index (κ3) is 3.44. The Labute approximate surface area is 180 Å². The predicted octanol–water partition coefficient (Wildman–Crippen LogP) is 5.16. The molecule has 0 saturated carbocycles. The highest BCUT2D eigenvalue weighted by molar-refractivity contribution is 5.77.